The van der Waals surface area contributed by atoms with E-state index in [0.29, 0.717) is 12.6 Å². The zero-order valence-electron chi connectivity index (χ0n) is 33.4. The summed E-state index contributed by atoms with van der Waals surface area (Å²) in [6.45, 7) is 10.8. The third-order valence-electron chi connectivity index (χ3n) is 11.6. The highest BCUT2D eigenvalue weighted by Crippen LogP contribution is 2.37. The Morgan fingerprint density at radius 1 is 0.750 bits per heavy atom. The highest BCUT2D eigenvalue weighted by Gasteiger charge is 2.42. The lowest BCUT2D eigenvalue weighted by atomic mass is 9.83. The van der Waals surface area contributed by atoms with E-state index < -0.39 is 10.1 Å². The van der Waals surface area contributed by atoms with Gasteiger partial charge in [-0.2, -0.15) is 13.5 Å². The van der Waals surface area contributed by atoms with Crippen molar-refractivity contribution < 1.29 is 31.5 Å². The molecule has 0 spiro atoms. The highest BCUT2D eigenvalue weighted by molar-refractivity contribution is 7.86. The minimum absolute atomic E-state index is 0.0123. The second-order valence-electron chi connectivity index (χ2n) is 15.4. The number of morpholine rings is 2. The summed E-state index contributed by atoms with van der Waals surface area (Å²) in [4.78, 5) is 9.26. The Morgan fingerprint density at radius 2 is 1.30 bits per heavy atom. The third-order valence-corrected chi connectivity index (χ3v) is 12.9. The molecule has 2 saturated heterocycles. The number of nitrogens with zero attached hydrogens (tertiary/aromatic N) is 5. The second-order valence-corrected chi connectivity index (χ2v) is 17.0. The van der Waals surface area contributed by atoms with Crippen molar-refractivity contribution in [2.45, 2.75) is 107 Å². The van der Waals surface area contributed by atoms with Crippen LogP contribution in [0.4, 0.5) is 0 Å². The van der Waals surface area contributed by atoms with Gasteiger partial charge in [0.2, 0.25) is 0 Å². The molecule has 2 fully saturated rings. The number of hydrogen-bond acceptors (Lipinski definition) is 11. The quantitative estimate of drug-likeness (QED) is 0.175. The van der Waals surface area contributed by atoms with Crippen LogP contribution in [0, 0.1) is 6.92 Å². The van der Waals surface area contributed by atoms with Gasteiger partial charge < -0.3 is 18.9 Å². The van der Waals surface area contributed by atoms with Crippen molar-refractivity contribution in [3.63, 3.8) is 0 Å². The Kier molecular flexibility index (Phi) is 13.1. The van der Waals surface area contributed by atoms with Gasteiger partial charge in [-0.25, -0.2) is 4.98 Å². The van der Waals surface area contributed by atoms with Crippen molar-refractivity contribution in [1.29, 1.82) is 0 Å². The van der Waals surface area contributed by atoms with Crippen LogP contribution in [0.15, 0.2) is 78.2 Å². The molecule has 0 amide bonds. The maximum absolute atomic E-state index is 12.6. The lowest BCUT2D eigenvalue weighted by molar-refractivity contribution is -0.132. The average molecular weight is 788 g/mol. The fourth-order valence-corrected chi connectivity index (χ4v) is 9.91. The first kappa shape index (κ1) is 40.4. The van der Waals surface area contributed by atoms with Gasteiger partial charge in [0.05, 0.1) is 56.7 Å². The number of hydrogen-bond donors (Lipinski definition) is 0. The van der Waals surface area contributed by atoms with Crippen LogP contribution in [0.1, 0.15) is 54.5 Å². The average Bonchev–Trinajstić information content (AvgIpc) is 3.72. The number of aromatic nitrogens is 3. The molecule has 0 unspecified atom stereocenters. The van der Waals surface area contributed by atoms with E-state index in [1.165, 1.54) is 22.3 Å². The Bertz CT molecular complexity index is 1990. The summed E-state index contributed by atoms with van der Waals surface area (Å²) in [6.07, 6.45) is 9.18. The maximum atomic E-state index is 12.6. The largest absolute Gasteiger partial charge is 0.496 e. The van der Waals surface area contributed by atoms with E-state index in [0.717, 1.165) is 81.8 Å². The van der Waals surface area contributed by atoms with Gasteiger partial charge in [0.1, 0.15) is 24.2 Å². The van der Waals surface area contributed by atoms with Gasteiger partial charge in [0.25, 0.3) is 10.1 Å². The van der Waals surface area contributed by atoms with E-state index in [-0.39, 0.29) is 42.0 Å². The van der Waals surface area contributed by atoms with Gasteiger partial charge in [-0.15, -0.1) is 0 Å². The van der Waals surface area contributed by atoms with E-state index in [4.69, 9.17) is 23.1 Å². The minimum Gasteiger partial charge on any atom is -0.496 e. The molecule has 1 aromatic heterocycles. The molecule has 0 bridgehead atoms. The predicted molar refractivity (Wildman–Crippen MR) is 214 cm³/mol. The molecule has 4 aliphatic rings. The molecule has 302 valence electrons. The molecule has 3 aromatic carbocycles. The molecule has 56 heavy (non-hydrogen) atoms. The summed E-state index contributed by atoms with van der Waals surface area (Å²) < 4.78 is 56.6. The zero-order chi connectivity index (χ0) is 39.2. The molecule has 0 radical (unpaired) electrons. The van der Waals surface area contributed by atoms with E-state index >= 15 is 0 Å². The Morgan fingerprint density at radius 3 is 1.82 bits per heavy atom. The molecule has 3 heterocycles. The molecule has 6 atom stereocenters. The van der Waals surface area contributed by atoms with Crippen LogP contribution in [-0.4, -0.2) is 116 Å². The second kappa shape index (κ2) is 18.2. The summed E-state index contributed by atoms with van der Waals surface area (Å²) in [7, 11) is -0.369. The Labute approximate surface area is 332 Å². The molecule has 8 rings (SSSR count). The monoisotopic (exact) mass is 787 g/mol. The predicted octanol–water partition coefficient (Wildman–Crippen LogP) is 5.29. The van der Waals surface area contributed by atoms with Crippen LogP contribution in [0.2, 0.25) is 0 Å². The standard InChI is InChI=1S/C24H31NO5S.C19H26N4O2/c1-4-12-25-15-19(16-29-31(26,27)20-10-8-17(2)9-11-20)30-24-14-21-18(13-22(24)25)6-5-7-23(21)28-3;1-3-7-22-10-15(11-23-13-20-12-21-23)25-19-9-16-14(8-17(19)22)5-4-6-18(16)24-2/h5-11,19,22,24H,4,12-16H2,1-3H3;4-6,12-13,15,17,19H,3,7-11H2,1-2H3/t19-,22+,24+;15-,17+,19+/m00/s1. The first-order chi connectivity index (χ1) is 27.2. The smallest absolute Gasteiger partial charge is 0.297 e. The number of ether oxygens (including phenoxy) is 4. The van der Waals surface area contributed by atoms with E-state index in [2.05, 4.69) is 58.0 Å². The van der Waals surface area contributed by atoms with Gasteiger partial charge in [-0.3, -0.25) is 18.7 Å². The van der Waals surface area contributed by atoms with Crippen molar-refractivity contribution in [1.82, 2.24) is 24.6 Å². The Hall–Kier alpha value is -3.85. The fourth-order valence-electron chi connectivity index (χ4n) is 8.97. The summed E-state index contributed by atoms with van der Waals surface area (Å²) in [6, 6.07) is 20.0. The zero-order valence-corrected chi connectivity index (χ0v) is 34.2. The molecule has 4 aromatic rings. The van der Waals surface area contributed by atoms with Crippen molar-refractivity contribution in [2.24, 2.45) is 0 Å². The van der Waals surface area contributed by atoms with Crippen LogP contribution >= 0.6 is 0 Å². The number of methoxy groups -OCH3 is 2. The summed E-state index contributed by atoms with van der Waals surface area (Å²) in [5, 5.41) is 4.24. The lowest BCUT2D eigenvalue weighted by Crippen LogP contribution is -2.59. The van der Waals surface area contributed by atoms with Crippen molar-refractivity contribution in [3.8, 4) is 11.5 Å². The van der Waals surface area contributed by atoms with Gasteiger partial charge in [0, 0.05) is 38.0 Å². The van der Waals surface area contributed by atoms with Gasteiger partial charge in [-0.05, 0) is 92.2 Å². The van der Waals surface area contributed by atoms with Gasteiger partial charge >= 0.3 is 0 Å². The highest BCUT2D eigenvalue weighted by atomic mass is 32.2. The van der Waals surface area contributed by atoms with Crippen LogP contribution in [-0.2, 0) is 56.0 Å². The molecular weight excluding hydrogens is 731 g/mol. The van der Waals surface area contributed by atoms with E-state index in [1.54, 1.807) is 51.1 Å². The third kappa shape index (κ3) is 9.14. The molecule has 2 aliphatic carbocycles. The van der Waals surface area contributed by atoms with Crippen LogP contribution in [0.25, 0.3) is 0 Å². The van der Waals surface area contributed by atoms with Crippen LogP contribution < -0.4 is 9.47 Å². The fraction of sp³-hybridized carbons (Fsp3) is 0.535. The number of fused-ring (bicyclic) bond motifs is 4. The number of aryl methyl sites for hydroxylation is 1. The van der Waals surface area contributed by atoms with Crippen molar-refractivity contribution in [3.05, 3.63) is 101 Å². The van der Waals surface area contributed by atoms with E-state index in [1.807, 2.05) is 23.7 Å². The molecule has 12 nitrogen and oxygen atoms in total. The topological polar surface area (TPSA) is 117 Å². The van der Waals surface area contributed by atoms with Gasteiger partial charge in [0.15, 0.2) is 0 Å². The van der Waals surface area contributed by atoms with Crippen molar-refractivity contribution in [2.75, 3.05) is 47.0 Å². The molecular formula is C43H57N5O7S. The summed E-state index contributed by atoms with van der Waals surface area (Å²) >= 11 is 0. The number of rotatable bonds is 12. The first-order valence-corrected chi connectivity index (χ1v) is 21.5. The lowest BCUT2D eigenvalue weighted by Gasteiger charge is -2.47. The minimum atomic E-state index is -3.81. The van der Waals surface area contributed by atoms with Crippen LogP contribution in [0.3, 0.4) is 0 Å². The Balaban J connectivity index is 0.000000175. The molecule has 0 saturated carbocycles. The number of benzene rings is 3. The van der Waals surface area contributed by atoms with E-state index in [9.17, 15) is 8.42 Å². The first-order valence-electron chi connectivity index (χ1n) is 20.1. The summed E-state index contributed by atoms with van der Waals surface area (Å²) in [5.41, 5.74) is 6.21. The normalized spacial score (nSPS) is 24.8. The van der Waals surface area contributed by atoms with Gasteiger partial charge in [-0.1, -0.05) is 55.8 Å². The van der Waals surface area contributed by atoms with Crippen LogP contribution in [0.5, 0.6) is 11.5 Å². The summed E-state index contributed by atoms with van der Waals surface area (Å²) in [5.74, 6) is 1.88. The SMILES string of the molecule is CCCN1C[C@@H](COS(=O)(=O)c2ccc(C)cc2)O[C@@H]2Cc3c(cccc3OC)C[C@H]21.CCCN1C[C@@H](Cn2cncn2)O[C@@H]2Cc3c(cccc3OC)C[C@H]21. The molecule has 0 N–H and O–H groups in total. The molecule has 13 heteroatoms. The maximum Gasteiger partial charge on any atom is 0.297 e. The van der Waals surface area contributed by atoms with Crippen molar-refractivity contribution >= 4 is 10.1 Å². The molecule has 2 aliphatic heterocycles.